The van der Waals surface area contributed by atoms with E-state index in [1.807, 2.05) is 36.4 Å². The van der Waals surface area contributed by atoms with Crippen molar-refractivity contribution in [3.05, 3.63) is 70.0 Å². The average Bonchev–Trinajstić information content (AvgIpc) is 3.27. The van der Waals surface area contributed by atoms with Gasteiger partial charge >= 0.3 is 5.97 Å². The minimum atomic E-state index is -0.356. The molecule has 1 aliphatic heterocycles. The molecular formula is C22H22N2O4S. The summed E-state index contributed by atoms with van der Waals surface area (Å²) in [6, 6.07) is 14.7. The molecule has 1 aliphatic rings. The van der Waals surface area contributed by atoms with Crippen LogP contribution in [0.1, 0.15) is 28.8 Å². The zero-order valence-electron chi connectivity index (χ0n) is 16.2. The number of rotatable bonds is 6. The number of benzene rings is 2. The van der Waals surface area contributed by atoms with Gasteiger partial charge in [0.1, 0.15) is 0 Å². The second-order valence-electron chi connectivity index (χ2n) is 6.94. The van der Waals surface area contributed by atoms with Gasteiger partial charge in [-0.25, -0.2) is 9.78 Å². The predicted octanol–water partition coefficient (Wildman–Crippen LogP) is 3.65. The van der Waals surface area contributed by atoms with Crippen molar-refractivity contribution >= 4 is 28.6 Å². The van der Waals surface area contributed by atoms with Crippen LogP contribution in [-0.2, 0) is 21.8 Å². The Morgan fingerprint density at radius 3 is 2.76 bits per heavy atom. The van der Waals surface area contributed by atoms with Crippen molar-refractivity contribution in [3.63, 3.8) is 0 Å². The Morgan fingerprint density at radius 2 is 2.03 bits per heavy atom. The van der Waals surface area contributed by atoms with Gasteiger partial charge in [0.05, 0.1) is 36.2 Å². The zero-order chi connectivity index (χ0) is 20.2. The van der Waals surface area contributed by atoms with Crippen LogP contribution in [0.25, 0.3) is 10.9 Å². The molecule has 3 aromatic rings. The Kier molecular flexibility index (Phi) is 5.97. The lowest BCUT2D eigenvalue weighted by atomic mass is 10.1. The fourth-order valence-corrected chi connectivity index (χ4v) is 4.38. The number of para-hydroxylation sites is 1. The van der Waals surface area contributed by atoms with Crippen molar-refractivity contribution in [2.45, 2.75) is 36.4 Å². The highest BCUT2D eigenvalue weighted by molar-refractivity contribution is 7.98. The molecule has 0 amide bonds. The molecule has 1 atom stereocenters. The van der Waals surface area contributed by atoms with E-state index in [0.29, 0.717) is 33.9 Å². The highest BCUT2D eigenvalue weighted by atomic mass is 32.2. The summed E-state index contributed by atoms with van der Waals surface area (Å²) in [4.78, 5) is 29.4. The molecule has 1 aromatic heterocycles. The van der Waals surface area contributed by atoms with Crippen molar-refractivity contribution in [1.82, 2.24) is 9.55 Å². The molecule has 7 heteroatoms. The molecule has 0 bridgehead atoms. The Labute approximate surface area is 172 Å². The predicted molar refractivity (Wildman–Crippen MR) is 112 cm³/mol. The number of carbonyl (C=O) groups excluding carboxylic acids is 1. The Bertz CT molecular complexity index is 1070. The van der Waals surface area contributed by atoms with Gasteiger partial charge < -0.3 is 9.47 Å². The Morgan fingerprint density at radius 1 is 1.24 bits per heavy atom. The fraction of sp³-hybridized carbons (Fsp3) is 0.318. The van der Waals surface area contributed by atoms with E-state index in [1.165, 1.54) is 18.9 Å². The molecule has 150 valence electrons. The summed E-state index contributed by atoms with van der Waals surface area (Å²) in [5.74, 6) is 0.281. The Hall–Kier alpha value is -2.64. The van der Waals surface area contributed by atoms with E-state index in [-0.39, 0.29) is 17.6 Å². The normalized spacial score (nSPS) is 16.2. The molecule has 0 saturated carbocycles. The van der Waals surface area contributed by atoms with Crippen LogP contribution in [0.2, 0.25) is 0 Å². The molecule has 1 fully saturated rings. The van der Waals surface area contributed by atoms with E-state index in [9.17, 15) is 9.59 Å². The van der Waals surface area contributed by atoms with Crippen molar-refractivity contribution in [1.29, 1.82) is 0 Å². The smallest absolute Gasteiger partial charge is 0.337 e. The quantitative estimate of drug-likeness (QED) is 0.351. The van der Waals surface area contributed by atoms with E-state index in [4.69, 9.17) is 14.5 Å². The molecule has 0 radical (unpaired) electrons. The third kappa shape index (κ3) is 4.36. The van der Waals surface area contributed by atoms with Gasteiger partial charge in [-0.05, 0) is 42.7 Å². The highest BCUT2D eigenvalue weighted by Gasteiger charge is 2.20. The molecule has 1 unspecified atom stereocenters. The third-order valence-corrected chi connectivity index (χ3v) is 6.03. The van der Waals surface area contributed by atoms with E-state index >= 15 is 0 Å². The number of hydrogen-bond donors (Lipinski definition) is 0. The summed E-state index contributed by atoms with van der Waals surface area (Å²) >= 11 is 1.51. The van der Waals surface area contributed by atoms with Crippen molar-refractivity contribution in [2.24, 2.45) is 0 Å². The zero-order valence-corrected chi connectivity index (χ0v) is 17.0. The molecule has 6 nitrogen and oxygen atoms in total. The van der Waals surface area contributed by atoms with E-state index in [2.05, 4.69) is 0 Å². The summed E-state index contributed by atoms with van der Waals surface area (Å²) in [6.45, 7) is 1.26. The van der Waals surface area contributed by atoms with E-state index in [1.54, 1.807) is 16.7 Å². The van der Waals surface area contributed by atoms with Crippen molar-refractivity contribution in [2.75, 3.05) is 13.7 Å². The van der Waals surface area contributed by atoms with Gasteiger partial charge in [0.2, 0.25) is 0 Å². The molecule has 0 aliphatic carbocycles. The first kappa shape index (κ1) is 19.7. The van der Waals surface area contributed by atoms with Gasteiger partial charge in [-0.2, -0.15) is 0 Å². The lowest BCUT2D eigenvalue weighted by molar-refractivity contribution is 0.0600. The molecule has 29 heavy (non-hydrogen) atoms. The minimum Gasteiger partial charge on any atom is -0.465 e. The van der Waals surface area contributed by atoms with Crippen LogP contribution >= 0.6 is 11.8 Å². The SMILES string of the molecule is COC(=O)c1ccc(CSc2nc3ccccc3c(=O)n2CC2CCCO2)cc1. The standard InChI is InChI=1S/C22H22N2O4S/c1-27-21(26)16-10-8-15(9-11-16)14-29-22-23-19-7-3-2-6-18(19)20(25)24(22)13-17-5-4-12-28-17/h2-3,6-11,17H,4-5,12-14H2,1H3. The first-order valence-electron chi connectivity index (χ1n) is 9.57. The van der Waals surface area contributed by atoms with Crippen molar-refractivity contribution in [3.8, 4) is 0 Å². The van der Waals surface area contributed by atoms with Crippen LogP contribution in [0.3, 0.4) is 0 Å². The maximum Gasteiger partial charge on any atom is 0.337 e. The number of nitrogens with zero attached hydrogens (tertiary/aromatic N) is 2. The molecule has 0 spiro atoms. The number of ether oxygens (including phenoxy) is 2. The lowest BCUT2D eigenvalue weighted by Crippen LogP contribution is -2.28. The van der Waals surface area contributed by atoms with Gasteiger partial charge in [-0.3, -0.25) is 9.36 Å². The summed E-state index contributed by atoms with van der Waals surface area (Å²) in [5.41, 5.74) is 2.22. The summed E-state index contributed by atoms with van der Waals surface area (Å²) < 4.78 is 12.2. The number of methoxy groups -OCH3 is 1. The number of carbonyl (C=O) groups is 1. The van der Waals surface area contributed by atoms with Gasteiger partial charge in [0.25, 0.3) is 5.56 Å². The van der Waals surface area contributed by atoms with Gasteiger partial charge in [0.15, 0.2) is 5.16 Å². The lowest BCUT2D eigenvalue weighted by Gasteiger charge is -2.16. The van der Waals surface area contributed by atoms with Crippen LogP contribution in [0.4, 0.5) is 0 Å². The number of aromatic nitrogens is 2. The molecule has 2 aromatic carbocycles. The average molecular weight is 410 g/mol. The number of fused-ring (bicyclic) bond motifs is 1. The summed E-state index contributed by atoms with van der Waals surface area (Å²) in [7, 11) is 1.37. The maximum absolute atomic E-state index is 13.1. The monoisotopic (exact) mass is 410 g/mol. The van der Waals surface area contributed by atoms with Crippen LogP contribution < -0.4 is 5.56 Å². The van der Waals surface area contributed by atoms with E-state index < -0.39 is 0 Å². The molecule has 4 rings (SSSR count). The largest absolute Gasteiger partial charge is 0.465 e. The Balaban J connectivity index is 1.61. The van der Waals surface area contributed by atoms with Crippen molar-refractivity contribution < 1.29 is 14.3 Å². The first-order chi connectivity index (χ1) is 14.2. The minimum absolute atomic E-state index is 0.0327. The number of esters is 1. The topological polar surface area (TPSA) is 70.4 Å². The van der Waals surface area contributed by atoms with Gasteiger partial charge in [-0.1, -0.05) is 36.0 Å². The molecular weight excluding hydrogens is 388 g/mol. The molecule has 2 heterocycles. The van der Waals surface area contributed by atoms with Gasteiger partial charge in [0, 0.05) is 12.4 Å². The number of thioether (sulfide) groups is 1. The van der Waals surface area contributed by atoms with Crippen LogP contribution in [0, 0.1) is 0 Å². The molecule has 1 saturated heterocycles. The van der Waals surface area contributed by atoms with Crippen LogP contribution in [0.5, 0.6) is 0 Å². The maximum atomic E-state index is 13.1. The molecule has 0 N–H and O–H groups in total. The van der Waals surface area contributed by atoms with Crippen LogP contribution in [-0.4, -0.2) is 35.3 Å². The van der Waals surface area contributed by atoms with Crippen LogP contribution in [0.15, 0.2) is 58.5 Å². The number of hydrogen-bond acceptors (Lipinski definition) is 6. The second kappa shape index (κ2) is 8.80. The van der Waals surface area contributed by atoms with Gasteiger partial charge in [-0.15, -0.1) is 0 Å². The summed E-state index contributed by atoms with van der Waals surface area (Å²) in [5, 5.41) is 1.30. The second-order valence-corrected chi connectivity index (χ2v) is 7.88. The van der Waals surface area contributed by atoms with E-state index in [0.717, 1.165) is 25.0 Å². The highest BCUT2D eigenvalue weighted by Crippen LogP contribution is 2.24. The first-order valence-corrected chi connectivity index (χ1v) is 10.6. The third-order valence-electron chi connectivity index (χ3n) is 4.98. The fourth-order valence-electron chi connectivity index (χ4n) is 3.41. The summed E-state index contributed by atoms with van der Waals surface area (Å²) in [6.07, 6.45) is 2.03.